The Morgan fingerprint density at radius 3 is 2.76 bits per heavy atom. The first kappa shape index (κ1) is 13.9. The topological polar surface area (TPSA) is 149 Å². The van der Waals surface area contributed by atoms with E-state index in [-0.39, 0.29) is 11.8 Å². The van der Waals surface area contributed by atoms with Crippen LogP contribution in [0.25, 0.3) is 11.2 Å². The van der Waals surface area contributed by atoms with Crippen molar-refractivity contribution in [1.82, 2.24) is 19.5 Å². The SMILES string of the molecule is COc1nc(N)c2ncn(C3O[C@H](CO)[C@@H](O)[C@H]3O)c2n1. The number of nitrogens with two attached hydrogens (primary N) is 1. The van der Waals surface area contributed by atoms with Gasteiger partial charge in [-0.15, -0.1) is 0 Å². The zero-order chi connectivity index (χ0) is 15.1. The predicted molar refractivity (Wildman–Crippen MR) is 69.3 cm³/mol. The highest BCUT2D eigenvalue weighted by molar-refractivity contribution is 5.82. The van der Waals surface area contributed by atoms with Crippen molar-refractivity contribution in [2.24, 2.45) is 0 Å². The lowest BCUT2D eigenvalue weighted by atomic mass is 10.1. The van der Waals surface area contributed by atoms with E-state index in [2.05, 4.69) is 15.0 Å². The summed E-state index contributed by atoms with van der Waals surface area (Å²) >= 11 is 0. The molecule has 1 saturated heterocycles. The van der Waals surface area contributed by atoms with E-state index in [0.29, 0.717) is 11.2 Å². The highest BCUT2D eigenvalue weighted by atomic mass is 16.6. The molecular formula is C11H15N5O5. The van der Waals surface area contributed by atoms with Gasteiger partial charge in [0.25, 0.3) is 0 Å². The van der Waals surface area contributed by atoms with Crippen LogP contribution in [0.2, 0.25) is 0 Å². The van der Waals surface area contributed by atoms with Gasteiger partial charge in [-0.1, -0.05) is 0 Å². The van der Waals surface area contributed by atoms with Crippen LogP contribution in [0.3, 0.4) is 0 Å². The number of nitrogen functional groups attached to an aromatic ring is 1. The smallest absolute Gasteiger partial charge is 0.320 e. The summed E-state index contributed by atoms with van der Waals surface area (Å²) in [6, 6.07) is 0.0495. The third kappa shape index (κ3) is 2.08. The van der Waals surface area contributed by atoms with Gasteiger partial charge in [0.15, 0.2) is 23.2 Å². The van der Waals surface area contributed by atoms with E-state index in [1.807, 2.05) is 0 Å². The minimum absolute atomic E-state index is 0.0495. The number of aromatic nitrogens is 4. The number of hydrogen-bond acceptors (Lipinski definition) is 9. The van der Waals surface area contributed by atoms with Gasteiger partial charge in [-0.05, 0) is 0 Å². The minimum Gasteiger partial charge on any atom is -0.467 e. The molecule has 0 spiro atoms. The fourth-order valence-corrected chi connectivity index (χ4v) is 2.30. The molecule has 0 aliphatic carbocycles. The molecule has 114 valence electrons. The number of rotatable bonds is 3. The average Bonchev–Trinajstić information content (AvgIpc) is 3.02. The van der Waals surface area contributed by atoms with Crippen LogP contribution in [0, 0.1) is 0 Å². The van der Waals surface area contributed by atoms with Crippen LogP contribution >= 0.6 is 0 Å². The van der Waals surface area contributed by atoms with Crippen molar-refractivity contribution in [3.8, 4) is 6.01 Å². The summed E-state index contributed by atoms with van der Waals surface area (Å²) in [6.45, 7) is -0.415. The van der Waals surface area contributed by atoms with E-state index in [1.165, 1.54) is 18.0 Å². The Kier molecular flexibility index (Phi) is 3.37. The van der Waals surface area contributed by atoms with E-state index in [0.717, 1.165) is 0 Å². The van der Waals surface area contributed by atoms with E-state index >= 15 is 0 Å². The summed E-state index contributed by atoms with van der Waals surface area (Å²) in [7, 11) is 1.40. The molecule has 0 bridgehead atoms. The number of anilines is 1. The Balaban J connectivity index is 2.07. The van der Waals surface area contributed by atoms with Gasteiger partial charge in [-0.3, -0.25) is 4.57 Å². The van der Waals surface area contributed by atoms with E-state index in [9.17, 15) is 10.2 Å². The molecule has 0 amide bonds. The van der Waals surface area contributed by atoms with Crippen molar-refractivity contribution < 1.29 is 24.8 Å². The molecule has 21 heavy (non-hydrogen) atoms. The third-order valence-corrected chi connectivity index (χ3v) is 3.40. The maximum absolute atomic E-state index is 10.0. The number of fused-ring (bicyclic) bond motifs is 1. The van der Waals surface area contributed by atoms with Crippen LogP contribution in [0.5, 0.6) is 6.01 Å². The zero-order valence-electron chi connectivity index (χ0n) is 11.1. The average molecular weight is 297 g/mol. The Bertz CT molecular complexity index is 662. The molecule has 2 aromatic heterocycles. The molecular weight excluding hydrogens is 282 g/mol. The van der Waals surface area contributed by atoms with E-state index in [4.69, 9.17) is 20.3 Å². The second-order valence-electron chi connectivity index (χ2n) is 4.65. The minimum atomic E-state index is -1.23. The first-order valence-electron chi connectivity index (χ1n) is 6.23. The summed E-state index contributed by atoms with van der Waals surface area (Å²) in [6.07, 6.45) is -2.90. The van der Waals surface area contributed by atoms with E-state index in [1.54, 1.807) is 0 Å². The lowest BCUT2D eigenvalue weighted by molar-refractivity contribution is -0.0511. The molecule has 0 radical (unpaired) electrons. The summed E-state index contributed by atoms with van der Waals surface area (Å²) in [5.41, 5.74) is 6.39. The van der Waals surface area contributed by atoms with Gasteiger partial charge in [0.05, 0.1) is 20.0 Å². The van der Waals surface area contributed by atoms with Crippen molar-refractivity contribution in [3.63, 3.8) is 0 Å². The first-order valence-corrected chi connectivity index (χ1v) is 6.23. The van der Waals surface area contributed by atoms with Gasteiger partial charge in [0.1, 0.15) is 18.3 Å². The highest BCUT2D eigenvalue weighted by Gasteiger charge is 2.44. The summed E-state index contributed by atoms with van der Waals surface area (Å²) in [4.78, 5) is 12.1. The molecule has 10 nitrogen and oxygen atoms in total. The summed E-state index contributed by atoms with van der Waals surface area (Å²) in [5.74, 6) is 0.127. The summed E-state index contributed by atoms with van der Waals surface area (Å²) in [5, 5.41) is 29.0. The van der Waals surface area contributed by atoms with Crippen molar-refractivity contribution in [2.45, 2.75) is 24.5 Å². The van der Waals surface area contributed by atoms with E-state index < -0.39 is 31.1 Å². The van der Waals surface area contributed by atoms with Crippen molar-refractivity contribution in [1.29, 1.82) is 0 Å². The highest BCUT2D eigenvalue weighted by Crippen LogP contribution is 2.32. The molecule has 1 aliphatic heterocycles. The Morgan fingerprint density at radius 2 is 2.14 bits per heavy atom. The molecule has 4 atom stereocenters. The third-order valence-electron chi connectivity index (χ3n) is 3.40. The Hall–Kier alpha value is -2.01. The van der Waals surface area contributed by atoms with Crippen LogP contribution in [0.15, 0.2) is 6.33 Å². The van der Waals surface area contributed by atoms with Crippen molar-refractivity contribution >= 4 is 17.0 Å². The molecule has 1 fully saturated rings. The molecule has 5 N–H and O–H groups in total. The van der Waals surface area contributed by atoms with Gasteiger partial charge in [0.2, 0.25) is 0 Å². The molecule has 1 aliphatic rings. The quantitative estimate of drug-likeness (QED) is 0.506. The number of aliphatic hydroxyl groups excluding tert-OH is 3. The second kappa shape index (κ2) is 5.07. The molecule has 3 heterocycles. The monoisotopic (exact) mass is 297 g/mol. The van der Waals surface area contributed by atoms with Crippen molar-refractivity contribution in [3.05, 3.63) is 6.33 Å². The number of ether oxygens (including phenoxy) is 2. The fraction of sp³-hybridized carbons (Fsp3) is 0.545. The molecule has 1 unspecified atom stereocenters. The number of imidazole rings is 1. The number of aliphatic hydroxyl groups is 3. The Morgan fingerprint density at radius 1 is 1.38 bits per heavy atom. The maximum atomic E-state index is 10.0. The molecule has 10 heteroatoms. The lowest BCUT2D eigenvalue weighted by Crippen LogP contribution is -2.33. The van der Waals surface area contributed by atoms with Gasteiger partial charge < -0.3 is 30.5 Å². The van der Waals surface area contributed by atoms with Crippen LogP contribution in [0.4, 0.5) is 5.82 Å². The number of hydrogen-bond donors (Lipinski definition) is 4. The molecule has 3 rings (SSSR count). The summed E-state index contributed by atoms with van der Waals surface area (Å²) < 4.78 is 11.8. The van der Waals surface area contributed by atoms with Gasteiger partial charge >= 0.3 is 6.01 Å². The maximum Gasteiger partial charge on any atom is 0.320 e. The number of nitrogens with zero attached hydrogens (tertiary/aromatic N) is 4. The van der Waals surface area contributed by atoms with Gasteiger partial charge in [0, 0.05) is 0 Å². The number of methoxy groups -OCH3 is 1. The molecule has 2 aromatic rings. The first-order chi connectivity index (χ1) is 10.1. The van der Waals surface area contributed by atoms with Crippen molar-refractivity contribution in [2.75, 3.05) is 19.5 Å². The van der Waals surface area contributed by atoms with Crippen LogP contribution in [-0.4, -0.2) is 66.9 Å². The fourth-order valence-electron chi connectivity index (χ4n) is 2.30. The lowest BCUT2D eigenvalue weighted by Gasteiger charge is -2.16. The predicted octanol–water partition coefficient (Wildman–Crippen LogP) is -1.97. The van der Waals surface area contributed by atoms with Crippen LogP contribution in [-0.2, 0) is 4.74 Å². The van der Waals surface area contributed by atoms with Crippen LogP contribution in [0.1, 0.15) is 6.23 Å². The molecule has 0 saturated carbocycles. The normalized spacial score (nSPS) is 29.1. The molecule has 0 aromatic carbocycles. The van der Waals surface area contributed by atoms with Crippen LogP contribution < -0.4 is 10.5 Å². The standard InChI is InChI=1S/C11H15N5O5/c1-20-11-14-8(12)5-9(15-11)16(3-13-5)10-7(19)6(18)4(2-17)21-10/h3-4,6-7,10,17-19H,2H2,1H3,(H2,12,14,15)/t4-,6-,7-,10?/m1/s1. The largest absolute Gasteiger partial charge is 0.467 e. The zero-order valence-corrected chi connectivity index (χ0v) is 11.1. The second-order valence-corrected chi connectivity index (χ2v) is 4.65. The van der Waals surface area contributed by atoms with Gasteiger partial charge in [-0.2, -0.15) is 9.97 Å². The Labute approximate surface area is 118 Å². The van der Waals surface area contributed by atoms with Gasteiger partial charge in [-0.25, -0.2) is 4.98 Å².